The molecular formula is C10H17ClO. The Kier molecular flexibility index (Phi) is 3.60. The molecule has 0 fully saturated rings. The van der Waals surface area contributed by atoms with Crippen molar-refractivity contribution in [2.75, 3.05) is 6.61 Å². The van der Waals surface area contributed by atoms with E-state index in [0.717, 1.165) is 25.9 Å². The average Bonchev–Trinajstić information content (AvgIpc) is 2.07. The number of halogens is 1. The molecular weight excluding hydrogens is 172 g/mol. The summed E-state index contributed by atoms with van der Waals surface area (Å²) in [7, 11) is 0. The molecule has 0 radical (unpaired) electrons. The second kappa shape index (κ2) is 4.29. The summed E-state index contributed by atoms with van der Waals surface area (Å²) in [6.07, 6.45) is 7.23. The molecule has 0 aliphatic heterocycles. The van der Waals surface area contributed by atoms with Gasteiger partial charge in [0.05, 0.1) is 11.0 Å². The zero-order valence-electron chi connectivity index (χ0n) is 7.85. The summed E-state index contributed by atoms with van der Waals surface area (Å²) in [5.74, 6) is 0. The highest BCUT2D eigenvalue weighted by atomic mass is 35.5. The van der Waals surface area contributed by atoms with Crippen molar-refractivity contribution in [3.05, 3.63) is 12.2 Å². The van der Waals surface area contributed by atoms with Crippen LogP contribution in [0.2, 0.25) is 0 Å². The highest BCUT2D eigenvalue weighted by Crippen LogP contribution is 2.31. The molecule has 2 unspecified atom stereocenters. The molecule has 0 bridgehead atoms. The smallest absolute Gasteiger partial charge is 0.0854 e. The standard InChI is InChI=1S/C10H17ClO/c1-3-8-12-10(2)7-5-4-6-9(10)11/h4-5,9H,3,6-8H2,1-2H3. The zero-order valence-corrected chi connectivity index (χ0v) is 8.60. The lowest BCUT2D eigenvalue weighted by Crippen LogP contribution is -2.40. The maximum Gasteiger partial charge on any atom is 0.0854 e. The first-order valence-electron chi connectivity index (χ1n) is 4.62. The van der Waals surface area contributed by atoms with E-state index in [-0.39, 0.29) is 11.0 Å². The van der Waals surface area contributed by atoms with Crippen LogP contribution in [0.4, 0.5) is 0 Å². The van der Waals surface area contributed by atoms with E-state index < -0.39 is 0 Å². The fourth-order valence-electron chi connectivity index (χ4n) is 1.39. The zero-order chi connectivity index (χ0) is 9.03. The Bertz CT molecular complexity index is 167. The topological polar surface area (TPSA) is 9.23 Å². The lowest BCUT2D eigenvalue weighted by molar-refractivity contribution is -0.0340. The average molecular weight is 189 g/mol. The van der Waals surface area contributed by atoms with Crippen LogP contribution in [0.5, 0.6) is 0 Å². The molecule has 0 aromatic rings. The summed E-state index contributed by atoms with van der Waals surface area (Å²) in [4.78, 5) is 0. The van der Waals surface area contributed by atoms with E-state index in [4.69, 9.17) is 16.3 Å². The molecule has 12 heavy (non-hydrogen) atoms. The maximum absolute atomic E-state index is 6.18. The van der Waals surface area contributed by atoms with Crippen molar-refractivity contribution < 1.29 is 4.74 Å². The number of ether oxygens (including phenoxy) is 1. The van der Waals surface area contributed by atoms with Crippen LogP contribution in [0.15, 0.2) is 12.2 Å². The first-order valence-corrected chi connectivity index (χ1v) is 5.05. The van der Waals surface area contributed by atoms with Crippen LogP contribution in [0, 0.1) is 0 Å². The van der Waals surface area contributed by atoms with Crippen molar-refractivity contribution in [2.24, 2.45) is 0 Å². The molecule has 0 aromatic carbocycles. The second-order valence-corrected chi connectivity index (χ2v) is 4.07. The van der Waals surface area contributed by atoms with Gasteiger partial charge in [-0.3, -0.25) is 0 Å². The van der Waals surface area contributed by atoms with Gasteiger partial charge in [-0.15, -0.1) is 11.6 Å². The Morgan fingerprint density at radius 3 is 2.92 bits per heavy atom. The summed E-state index contributed by atoms with van der Waals surface area (Å²) in [6.45, 7) is 5.03. The molecule has 0 saturated carbocycles. The van der Waals surface area contributed by atoms with Gasteiger partial charge in [0.15, 0.2) is 0 Å². The van der Waals surface area contributed by atoms with E-state index in [9.17, 15) is 0 Å². The molecule has 1 rings (SSSR count). The number of alkyl halides is 1. The third kappa shape index (κ3) is 2.24. The van der Waals surface area contributed by atoms with Gasteiger partial charge in [0, 0.05) is 6.61 Å². The minimum Gasteiger partial charge on any atom is -0.373 e. The Balaban J connectivity index is 2.49. The monoisotopic (exact) mass is 188 g/mol. The van der Waals surface area contributed by atoms with Crippen LogP contribution in [0.1, 0.15) is 33.1 Å². The molecule has 0 spiro atoms. The molecule has 0 aromatic heterocycles. The van der Waals surface area contributed by atoms with Crippen molar-refractivity contribution in [1.82, 2.24) is 0 Å². The second-order valence-electron chi connectivity index (χ2n) is 3.54. The van der Waals surface area contributed by atoms with E-state index in [0.29, 0.717) is 0 Å². The Hall–Kier alpha value is -0.0100. The van der Waals surface area contributed by atoms with Crippen LogP contribution < -0.4 is 0 Å². The van der Waals surface area contributed by atoms with Gasteiger partial charge in [-0.2, -0.15) is 0 Å². The van der Waals surface area contributed by atoms with Crippen LogP contribution in [0.3, 0.4) is 0 Å². The summed E-state index contributed by atoms with van der Waals surface area (Å²) in [5.41, 5.74) is -0.133. The largest absolute Gasteiger partial charge is 0.373 e. The van der Waals surface area contributed by atoms with Crippen molar-refractivity contribution >= 4 is 11.6 Å². The van der Waals surface area contributed by atoms with Crippen molar-refractivity contribution in [3.8, 4) is 0 Å². The molecule has 0 heterocycles. The predicted octanol–water partition coefficient (Wildman–Crippen LogP) is 3.13. The maximum atomic E-state index is 6.18. The van der Waals surface area contributed by atoms with Crippen LogP contribution >= 0.6 is 11.6 Å². The highest BCUT2D eigenvalue weighted by molar-refractivity contribution is 6.21. The molecule has 2 atom stereocenters. The number of hydrogen-bond donors (Lipinski definition) is 0. The minimum atomic E-state index is -0.133. The molecule has 0 amide bonds. The van der Waals surface area contributed by atoms with Gasteiger partial charge in [0.25, 0.3) is 0 Å². The summed E-state index contributed by atoms with van der Waals surface area (Å²) < 4.78 is 5.75. The van der Waals surface area contributed by atoms with E-state index in [1.807, 2.05) is 0 Å². The lowest BCUT2D eigenvalue weighted by atomic mass is 9.90. The highest BCUT2D eigenvalue weighted by Gasteiger charge is 2.33. The van der Waals surface area contributed by atoms with Crippen LogP contribution in [-0.2, 0) is 4.74 Å². The summed E-state index contributed by atoms with van der Waals surface area (Å²) >= 11 is 6.18. The van der Waals surface area contributed by atoms with Gasteiger partial charge in [0.2, 0.25) is 0 Å². The Morgan fingerprint density at radius 2 is 2.33 bits per heavy atom. The minimum absolute atomic E-state index is 0.133. The quantitative estimate of drug-likeness (QED) is 0.489. The normalized spacial score (nSPS) is 35.4. The van der Waals surface area contributed by atoms with Gasteiger partial charge in [-0.05, 0) is 26.2 Å². The van der Waals surface area contributed by atoms with E-state index >= 15 is 0 Å². The van der Waals surface area contributed by atoms with Gasteiger partial charge in [-0.1, -0.05) is 19.1 Å². The van der Waals surface area contributed by atoms with E-state index in [1.54, 1.807) is 0 Å². The SMILES string of the molecule is CCCOC1(C)CC=CCC1Cl. The van der Waals surface area contributed by atoms with E-state index in [1.165, 1.54) is 0 Å². The fourth-order valence-corrected chi connectivity index (χ4v) is 1.65. The molecule has 1 aliphatic rings. The van der Waals surface area contributed by atoms with Crippen LogP contribution in [0.25, 0.3) is 0 Å². The fraction of sp³-hybridized carbons (Fsp3) is 0.800. The first kappa shape index (κ1) is 10.1. The van der Waals surface area contributed by atoms with Gasteiger partial charge < -0.3 is 4.74 Å². The molecule has 2 heteroatoms. The summed E-state index contributed by atoms with van der Waals surface area (Å²) in [6, 6.07) is 0. The lowest BCUT2D eigenvalue weighted by Gasteiger charge is -2.35. The third-order valence-corrected chi connectivity index (χ3v) is 2.97. The summed E-state index contributed by atoms with van der Waals surface area (Å²) in [5, 5.41) is 0.133. The number of hydrogen-bond acceptors (Lipinski definition) is 1. The van der Waals surface area contributed by atoms with Crippen molar-refractivity contribution in [2.45, 2.75) is 44.1 Å². The van der Waals surface area contributed by atoms with Crippen molar-refractivity contribution in [3.63, 3.8) is 0 Å². The Labute approximate surface area is 79.7 Å². The van der Waals surface area contributed by atoms with Gasteiger partial charge in [-0.25, -0.2) is 0 Å². The first-order chi connectivity index (χ1) is 5.69. The third-order valence-electron chi connectivity index (χ3n) is 2.33. The molecule has 0 saturated heterocycles. The molecule has 1 nitrogen and oxygen atoms in total. The molecule has 70 valence electrons. The Morgan fingerprint density at radius 1 is 1.58 bits per heavy atom. The molecule has 0 N–H and O–H groups in total. The van der Waals surface area contributed by atoms with Crippen LogP contribution in [-0.4, -0.2) is 17.6 Å². The number of rotatable bonds is 3. The van der Waals surface area contributed by atoms with Crippen molar-refractivity contribution in [1.29, 1.82) is 0 Å². The molecule has 1 aliphatic carbocycles. The van der Waals surface area contributed by atoms with Gasteiger partial charge >= 0.3 is 0 Å². The predicted molar refractivity (Wildman–Crippen MR) is 52.7 cm³/mol. The number of allylic oxidation sites excluding steroid dienone is 1. The van der Waals surface area contributed by atoms with Gasteiger partial charge in [0.1, 0.15) is 0 Å². The van der Waals surface area contributed by atoms with E-state index in [2.05, 4.69) is 26.0 Å².